The standard InChI is InChI=1S/C18H28N4O2S/c1-19-18(20-13-12-16-8-4-2-5-9-16)21-14-15-22-25(23,24)17-10-6-3-7-11-17/h3,6-8,10-11,22H,2,4-5,9,12-15H2,1H3,(H2,19,20,21). The first-order chi connectivity index (χ1) is 12.1. The first kappa shape index (κ1) is 19.5. The highest BCUT2D eigenvalue weighted by molar-refractivity contribution is 7.89. The Morgan fingerprint density at radius 2 is 1.84 bits per heavy atom. The highest BCUT2D eigenvalue weighted by atomic mass is 32.2. The van der Waals surface area contributed by atoms with Crippen LogP contribution in [-0.4, -0.2) is 41.1 Å². The van der Waals surface area contributed by atoms with Crippen molar-refractivity contribution in [1.29, 1.82) is 0 Å². The third-order valence-electron chi connectivity index (χ3n) is 4.11. The van der Waals surface area contributed by atoms with Gasteiger partial charge in [0.15, 0.2) is 5.96 Å². The molecule has 25 heavy (non-hydrogen) atoms. The van der Waals surface area contributed by atoms with Gasteiger partial charge in [-0.1, -0.05) is 29.8 Å². The molecule has 2 rings (SSSR count). The molecule has 0 radical (unpaired) electrons. The van der Waals surface area contributed by atoms with Gasteiger partial charge in [-0.3, -0.25) is 4.99 Å². The number of allylic oxidation sites excluding steroid dienone is 1. The Bertz CT molecular complexity index is 684. The number of aliphatic imine (C=N–C) groups is 1. The minimum Gasteiger partial charge on any atom is -0.356 e. The van der Waals surface area contributed by atoms with Gasteiger partial charge in [0.1, 0.15) is 0 Å². The van der Waals surface area contributed by atoms with E-state index in [2.05, 4.69) is 26.4 Å². The Morgan fingerprint density at radius 3 is 2.52 bits per heavy atom. The van der Waals surface area contributed by atoms with Crippen LogP contribution in [0.2, 0.25) is 0 Å². The molecule has 0 unspecified atom stereocenters. The quantitative estimate of drug-likeness (QED) is 0.285. The van der Waals surface area contributed by atoms with E-state index in [-0.39, 0.29) is 4.90 Å². The van der Waals surface area contributed by atoms with Gasteiger partial charge in [0.25, 0.3) is 0 Å². The lowest BCUT2D eigenvalue weighted by atomic mass is 9.97. The zero-order valence-corrected chi connectivity index (χ0v) is 15.6. The number of sulfonamides is 1. The molecule has 6 nitrogen and oxygen atoms in total. The van der Waals surface area contributed by atoms with Crippen molar-refractivity contribution in [2.24, 2.45) is 4.99 Å². The fourth-order valence-electron chi connectivity index (χ4n) is 2.74. The first-order valence-corrected chi connectivity index (χ1v) is 10.3. The third kappa shape index (κ3) is 6.88. The predicted molar refractivity (Wildman–Crippen MR) is 102 cm³/mol. The summed E-state index contributed by atoms with van der Waals surface area (Å²) < 4.78 is 26.8. The number of guanidine groups is 1. The lowest BCUT2D eigenvalue weighted by Crippen LogP contribution is -2.41. The molecule has 0 spiro atoms. The Labute approximate surface area is 150 Å². The molecule has 0 aliphatic heterocycles. The monoisotopic (exact) mass is 364 g/mol. The molecule has 1 aliphatic rings. The second kappa shape index (κ2) is 10.2. The number of nitrogens with zero attached hydrogens (tertiary/aromatic N) is 1. The highest BCUT2D eigenvalue weighted by Gasteiger charge is 2.12. The largest absolute Gasteiger partial charge is 0.356 e. The van der Waals surface area contributed by atoms with Crippen molar-refractivity contribution in [3.05, 3.63) is 42.0 Å². The fraction of sp³-hybridized carbons (Fsp3) is 0.500. The van der Waals surface area contributed by atoms with Crippen LogP contribution in [-0.2, 0) is 10.0 Å². The maximum absolute atomic E-state index is 12.1. The van der Waals surface area contributed by atoms with E-state index >= 15 is 0 Å². The summed E-state index contributed by atoms with van der Waals surface area (Å²) in [7, 11) is -1.74. The van der Waals surface area contributed by atoms with E-state index in [1.165, 1.54) is 31.3 Å². The van der Waals surface area contributed by atoms with Crippen molar-refractivity contribution in [3.8, 4) is 0 Å². The van der Waals surface area contributed by atoms with Gasteiger partial charge in [-0.15, -0.1) is 0 Å². The van der Waals surface area contributed by atoms with Crippen molar-refractivity contribution >= 4 is 16.0 Å². The van der Waals surface area contributed by atoms with E-state index < -0.39 is 10.0 Å². The first-order valence-electron chi connectivity index (χ1n) is 8.79. The highest BCUT2D eigenvalue weighted by Crippen LogP contribution is 2.19. The summed E-state index contributed by atoms with van der Waals surface area (Å²) in [6.07, 6.45) is 8.37. The predicted octanol–water partition coefficient (Wildman–Crippen LogP) is 2.02. The van der Waals surface area contributed by atoms with Gasteiger partial charge in [-0.25, -0.2) is 13.1 Å². The summed E-state index contributed by atoms with van der Waals surface area (Å²) in [4.78, 5) is 4.44. The SMILES string of the molecule is CN=C(NCCNS(=O)(=O)c1ccccc1)NCCC1=CCCCC1. The van der Waals surface area contributed by atoms with Crippen molar-refractivity contribution < 1.29 is 8.42 Å². The van der Waals surface area contributed by atoms with Crippen LogP contribution in [0.15, 0.2) is 51.9 Å². The summed E-state index contributed by atoms with van der Waals surface area (Å²) in [5.74, 6) is 0.690. The van der Waals surface area contributed by atoms with E-state index in [1.807, 2.05) is 0 Å². The zero-order chi connectivity index (χ0) is 18.0. The molecule has 1 aromatic rings. The Morgan fingerprint density at radius 1 is 1.08 bits per heavy atom. The summed E-state index contributed by atoms with van der Waals surface area (Å²) in [6, 6.07) is 8.37. The van der Waals surface area contributed by atoms with Gasteiger partial charge in [-0.2, -0.15) is 0 Å². The van der Waals surface area contributed by atoms with Crippen LogP contribution < -0.4 is 15.4 Å². The molecular weight excluding hydrogens is 336 g/mol. The van der Waals surface area contributed by atoms with Crippen LogP contribution >= 0.6 is 0 Å². The van der Waals surface area contributed by atoms with Gasteiger partial charge in [0, 0.05) is 26.7 Å². The molecule has 0 amide bonds. The number of benzene rings is 1. The summed E-state index contributed by atoms with van der Waals surface area (Å²) in [5, 5.41) is 6.39. The second-order valence-electron chi connectivity index (χ2n) is 5.99. The van der Waals surface area contributed by atoms with E-state index in [1.54, 1.807) is 37.4 Å². The van der Waals surface area contributed by atoms with E-state index in [0.29, 0.717) is 19.0 Å². The van der Waals surface area contributed by atoms with Crippen molar-refractivity contribution in [2.45, 2.75) is 37.0 Å². The smallest absolute Gasteiger partial charge is 0.240 e. The molecule has 0 bridgehead atoms. The molecule has 1 aromatic carbocycles. The summed E-state index contributed by atoms with van der Waals surface area (Å²) in [6.45, 7) is 1.60. The number of rotatable bonds is 8. The molecule has 1 aliphatic carbocycles. The third-order valence-corrected chi connectivity index (χ3v) is 5.59. The summed E-state index contributed by atoms with van der Waals surface area (Å²) >= 11 is 0. The number of hydrogen-bond acceptors (Lipinski definition) is 3. The van der Waals surface area contributed by atoms with Crippen LogP contribution in [0.25, 0.3) is 0 Å². The van der Waals surface area contributed by atoms with Crippen molar-refractivity contribution in [1.82, 2.24) is 15.4 Å². The van der Waals surface area contributed by atoms with E-state index in [9.17, 15) is 8.42 Å². The molecule has 0 atom stereocenters. The van der Waals surface area contributed by atoms with Gasteiger partial charge < -0.3 is 10.6 Å². The van der Waals surface area contributed by atoms with Gasteiger partial charge in [0.05, 0.1) is 4.90 Å². The molecule has 0 saturated heterocycles. The average molecular weight is 365 g/mol. The average Bonchev–Trinajstić information content (AvgIpc) is 2.65. The van der Waals surface area contributed by atoms with Gasteiger partial charge in [0.2, 0.25) is 10.0 Å². The molecule has 0 saturated carbocycles. The molecule has 7 heteroatoms. The van der Waals surface area contributed by atoms with Crippen LogP contribution in [0.5, 0.6) is 0 Å². The lowest BCUT2D eigenvalue weighted by molar-refractivity contribution is 0.580. The topological polar surface area (TPSA) is 82.6 Å². The Kier molecular flexibility index (Phi) is 7.94. The molecular formula is C18H28N4O2S. The minimum absolute atomic E-state index is 0.276. The minimum atomic E-state index is -3.45. The maximum atomic E-state index is 12.1. The normalized spacial score (nSPS) is 15.6. The molecule has 0 heterocycles. The molecule has 0 aromatic heterocycles. The van der Waals surface area contributed by atoms with Crippen LogP contribution in [0.1, 0.15) is 32.1 Å². The molecule has 3 N–H and O–H groups in total. The van der Waals surface area contributed by atoms with Crippen LogP contribution in [0, 0.1) is 0 Å². The van der Waals surface area contributed by atoms with Crippen molar-refractivity contribution in [2.75, 3.05) is 26.7 Å². The van der Waals surface area contributed by atoms with Gasteiger partial charge in [-0.05, 0) is 44.2 Å². The van der Waals surface area contributed by atoms with E-state index in [4.69, 9.17) is 0 Å². The Hall–Kier alpha value is -1.86. The van der Waals surface area contributed by atoms with E-state index in [0.717, 1.165) is 13.0 Å². The number of hydrogen-bond donors (Lipinski definition) is 3. The molecule has 138 valence electrons. The zero-order valence-electron chi connectivity index (χ0n) is 14.8. The molecule has 0 fully saturated rings. The maximum Gasteiger partial charge on any atom is 0.240 e. The number of nitrogens with one attached hydrogen (secondary N) is 3. The fourth-order valence-corrected chi connectivity index (χ4v) is 3.80. The summed E-state index contributed by atoms with van der Waals surface area (Å²) in [5.41, 5.74) is 1.52. The van der Waals surface area contributed by atoms with Crippen molar-refractivity contribution in [3.63, 3.8) is 0 Å². The van der Waals surface area contributed by atoms with Crippen LogP contribution in [0.3, 0.4) is 0 Å². The van der Waals surface area contributed by atoms with Gasteiger partial charge >= 0.3 is 0 Å². The van der Waals surface area contributed by atoms with Crippen LogP contribution in [0.4, 0.5) is 0 Å². The Balaban J connectivity index is 1.66. The lowest BCUT2D eigenvalue weighted by Gasteiger charge is -2.15. The second-order valence-corrected chi connectivity index (χ2v) is 7.76.